The molecule has 0 N–H and O–H groups in total. The number of likely N-dealkylation sites (tertiary alicyclic amines) is 1. The largest absolute Gasteiger partial charge is 0.381 e. The fourth-order valence-electron chi connectivity index (χ4n) is 3.02. The Morgan fingerprint density at radius 2 is 1.84 bits per heavy atom. The Balaban J connectivity index is 2.08. The number of nitriles is 1. The lowest BCUT2D eigenvalue weighted by Gasteiger charge is -2.34. The number of nitrogens with zero attached hydrogens (tertiary/aromatic N) is 2. The molecule has 0 atom stereocenters. The standard InChI is InChI=1S/C15H24N2O2/c1-14(2)4-3-8-17(9-5-14)13(18)15(12-16)6-10-19-11-7-15/h3-11H2,1-2H3. The van der Waals surface area contributed by atoms with Crippen molar-refractivity contribution in [3.05, 3.63) is 0 Å². The van der Waals surface area contributed by atoms with Crippen LogP contribution in [0.5, 0.6) is 0 Å². The quantitative estimate of drug-likeness (QED) is 0.730. The van der Waals surface area contributed by atoms with E-state index in [9.17, 15) is 10.1 Å². The van der Waals surface area contributed by atoms with Crippen LogP contribution in [-0.4, -0.2) is 37.1 Å². The second-order valence-electron chi connectivity index (χ2n) is 6.62. The molecule has 0 bridgehead atoms. The van der Waals surface area contributed by atoms with Crippen molar-refractivity contribution in [2.45, 2.75) is 46.0 Å². The summed E-state index contributed by atoms with van der Waals surface area (Å²) in [6.45, 7) is 7.16. The maximum atomic E-state index is 12.7. The molecule has 2 fully saturated rings. The average molecular weight is 264 g/mol. The van der Waals surface area contributed by atoms with Gasteiger partial charge in [-0.3, -0.25) is 4.79 Å². The van der Waals surface area contributed by atoms with Gasteiger partial charge in [0, 0.05) is 26.3 Å². The lowest BCUT2D eigenvalue weighted by molar-refractivity contribution is -0.143. The Bertz CT molecular complexity index is 378. The van der Waals surface area contributed by atoms with Gasteiger partial charge in [0.05, 0.1) is 6.07 Å². The highest BCUT2D eigenvalue weighted by Crippen LogP contribution is 2.35. The normalized spacial score (nSPS) is 26.3. The minimum Gasteiger partial charge on any atom is -0.381 e. The molecule has 4 heteroatoms. The summed E-state index contributed by atoms with van der Waals surface area (Å²) in [4.78, 5) is 14.6. The number of carbonyl (C=O) groups excluding carboxylic acids is 1. The van der Waals surface area contributed by atoms with Gasteiger partial charge in [0.1, 0.15) is 5.41 Å². The van der Waals surface area contributed by atoms with Crippen LogP contribution in [-0.2, 0) is 9.53 Å². The summed E-state index contributed by atoms with van der Waals surface area (Å²) in [5.41, 5.74) is -0.517. The van der Waals surface area contributed by atoms with Gasteiger partial charge in [-0.25, -0.2) is 0 Å². The van der Waals surface area contributed by atoms with E-state index in [0.29, 0.717) is 31.5 Å². The van der Waals surface area contributed by atoms with Gasteiger partial charge >= 0.3 is 0 Å². The average Bonchev–Trinajstić information content (AvgIpc) is 2.59. The minimum atomic E-state index is -0.827. The summed E-state index contributed by atoms with van der Waals surface area (Å²) in [6.07, 6.45) is 4.30. The van der Waals surface area contributed by atoms with E-state index in [1.165, 1.54) is 0 Å². The van der Waals surface area contributed by atoms with Crippen LogP contribution >= 0.6 is 0 Å². The predicted molar refractivity (Wildman–Crippen MR) is 72.3 cm³/mol. The van der Waals surface area contributed by atoms with Crippen LogP contribution < -0.4 is 0 Å². The third kappa shape index (κ3) is 3.09. The summed E-state index contributed by atoms with van der Waals surface area (Å²) in [7, 11) is 0. The molecule has 106 valence electrons. The number of amides is 1. The van der Waals surface area contributed by atoms with E-state index in [0.717, 1.165) is 32.4 Å². The van der Waals surface area contributed by atoms with Crippen molar-refractivity contribution in [2.24, 2.45) is 10.8 Å². The third-order valence-corrected chi connectivity index (χ3v) is 4.60. The first-order valence-corrected chi connectivity index (χ1v) is 7.28. The molecule has 2 heterocycles. The molecule has 0 saturated carbocycles. The van der Waals surface area contributed by atoms with E-state index >= 15 is 0 Å². The van der Waals surface area contributed by atoms with E-state index in [-0.39, 0.29) is 5.91 Å². The topological polar surface area (TPSA) is 53.3 Å². The summed E-state index contributed by atoms with van der Waals surface area (Å²) in [6, 6.07) is 2.28. The van der Waals surface area contributed by atoms with Crippen molar-refractivity contribution >= 4 is 5.91 Å². The summed E-state index contributed by atoms with van der Waals surface area (Å²) < 4.78 is 5.30. The smallest absolute Gasteiger partial charge is 0.243 e. The van der Waals surface area contributed by atoms with Gasteiger partial charge < -0.3 is 9.64 Å². The highest BCUT2D eigenvalue weighted by Gasteiger charge is 2.43. The van der Waals surface area contributed by atoms with Crippen molar-refractivity contribution in [1.82, 2.24) is 4.90 Å². The molecule has 19 heavy (non-hydrogen) atoms. The Morgan fingerprint density at radius 1 is 1.16 bits per heavy atom. The molecule has 0 aromatic carbocycles. The van der Waals surface area contributed by atoms with E-state index in [4.69, 9.17) is 4.74 Å². The van der Waals surface area contributed by atoms with Crippen LogP contribution in [0.3, 0.4) is 0 Å². The first kappa shape index (κ1) is 14.3. The maximum Gasteiger partial charge on any atom is 0.243 e. The van der Waals surface area contributed by atoms with Crippen molar-refractivity contribution in [2.75, 3.05) is 26.3 Å². The molecule has 0 spiro atoms. The zero-order valence-corrected chi connectivity index (χ0v) is 12.1. The Hall–Kier alpha value is -1.08. The lowest BCUT2D eigenvalue weighted by Crippen LogP contribution is -2.46. The zero-order valence-electron chi connectivity index (χ0n) is 12.1. The van der Waals surface area contributed by atoms with Gasteiger partial charge in [-0.1, -0.05) is 13.8 Å². The highest BCUT2D eigenvalue weighted by molar-refractivity contribution is 5.85. The van der Waals surface area contributed by atoms with Crippen molar-refractivity contribution in [3.8, 4) is 6.07 Å². The number of hydrogen-bond acceptors (Lipinski definition) is 3. The van der Waals surface area contributed by atoms with Gasteiger partial charge in [-0.05, 0) is 37.5 Å². The molecule has 2 aliphatic rings. The SMILES string of the molecule is CC1(C)CCCN(C(=O)C2(C#N)CCOCC2)CC1. The van der Waals surface area contributed by atoms with E-state index in [1.807, 2.05) is 4.90 Å². The molecule has 2 aliphatic heterocycles. The first-order chi connectivity index (χ1) is 8.99. The first-order valence-electron chi connectivity index (χ1n) is 7.28. The van der Waals surface area contributed by atoms with Crippen LogP contribution in [0.4, 0.5) is 0 Å². The molecular weight excluding hydrogens is 240 g/mol. The number of rotatable bonds is 1. The molecule has 0 unspecified atom stereocenters. The van der Waals surface area contributed by atoms with Crippen LogP contribution in [0.15, 0.2) is 0 Å². The second kappa shape index (κ2) is 5.50. The van der Waals surface area contributed by atoms with Gasteiger partial charge in [-0.15, -0.1) is 0 Å². The Kier molecular flexibility index (Phi) is 4.15. The highest BCUT2D eigenvalue weighted by atomic mass is 16.5. The number of hydrogen-bond donors (Lipinski definition) is 0. The number of ether oxygens (including phenoxy) is 1. The van der Waals surface area contributed by atoms with Gasteiger partial charge in [0.15, 0.2) is 0 Å². The van der Waals surface area contributed by atoms with Crippen LogP contribution in [0.1, 0.15) is 46.0 Å². The summed E-state index contributed by atoms with van der Waals surface area (Å²) in [5, 5.41) is 9.46. The van der Waals surface area contributed by atoms with Crippen molar-refractivity contribution < 1.29 is 9.53 Å². The summed E-state index contributed by atoms with van der Waals surface area (Å²) in [5.74, 6) is 0.0380. The van der Waals surface area contributed by atoms with Gasteiger partial charge in [0.2, 0.25) is 5.91 Å². The van der Waals surface area contributed by atoms with Crippen LogP contribution in [0.2, 0.25) is 0 Å². The third-order valence-electron chi connectivity index (χ3n) is 4.60. The molecule has 0 aromatic heterocycles. The zero-order chi connectivity index (χ0) is 13.9. The molecule has 4 nitrogen and oxygen atoms in total. The lowest BCUT2D eigenvalue weighted by atomic mass is 9.80. The molecule has 0 aromatic rings. The fourth-order valence-corrected chi connectivity index (χ4v) is 3.02. The molecule has 1 amide bonds. The Morgan fingerprint density at radius 3 is 2.47 bits per heavy atom. The molecule has 2 rings (SSSR count). The number of carbonyl (C=O) groups is 1. The van der Waals surface area contributed by atoms with Crippen molar-refractivity contribution in [3.63, 3.8) is 0 Å². The molecule has 0 aliphatic carbocycles. The van der Waals surface area contributed by atoms with Crippen molar-refractivity contribution in [1.29, 1.82) is 5.26 Å². The predicted octanol–water partition coefficient (Wildman–Crippen LogP) is 2.35. The van der Waals surface area contributed by atoms with E-state index < -0.39 is 5.41 Å². The van der Waals surface area contributed by atoms with Crippen LogP contribution in [0.25, 0.3) is 0 Å². The molecule has 0 radical (unpaired) electrons. The molecule has 2 saturated heterocycles. The Labute approximate surface area is 115 Å². The monoisotopic (exact) mass is 264 g/mol. The van der Waals surface area contributed by atoms with E-state index in [1.54, 1.807) is 0 Å². The fraction of sp³-hybridized carbons (Fsp3) is 0.867. The van der Waals surface area contributed by atoms with Gasteiger partial charge in [0.25, 0.3) is 0 Å². The minimum absolute atomic E-state index is 0.0380. The van der Waals surface area contributed by atoms with Gasteiger partial charge in [-0.2, -0.15) is 5.26 Å². The second-order valence-corrected chi connectivity index (χ2v) is 6.62. The van der Waals surface area contributed by atoms with Crippen LogP contribution in [0, 0.1) is 22.2 Å². The van der Waals surface area contributed by atoms with E-state index in [2.05, 4.69) is 19.9 Å². The maximum absolute atomic E-state index is 12.7. The molecular formula is C15H24N2O2. The summed E-state index contributed by atoms with van der Waals surface area (Å²) >= 11 is 0.